The van der Waals surface area contributed by atoms with Crippen LogP contribution in [0.5, 0.6) is 0 Å². The van der Waals surface area contributed by atoms with Crippen molar-refractivity contribution >= 4 is 18.0 Å². The summed E-state index contributed by atoms with van der Waals surface area (Å²) >= 11 is 0. The van der Waals surface area contributed by atoms with E-state index in [0.29, 0.717) is 13.0 Å². The van der Waals surface area contributed by atoms with Gasteiger partial charge in [0.15, 0.2) is 0 Å². The Kier molecular flexibility index (Phi) is 9.29. The van der Waals surface area contributed by atoms with Gasteiger partial charge in [0, 0.05) is 13.0 Å². The zero-order valence-corrected chi connectivity index (χ0v) is 15.0. The highest BCUT2D eigenvalue weighted by Crippen LogP contribution is 2.14. The quantitative estimate of drug-likeness (QED) is 0.502. The minimum absolute atomic E-state index is 0.169. The smallest absolute Gasteiger partial charge is 0.411 e. The number of hydrogen-bond donors (Lipinski definition) is 0. The Morgan fingerprint density at radius 1 is 1.04 bits per heavy atom. The maximum Gasteiger partial charge on any atom is 0.411 e. The second-order valence-corrected chi connectivity index (χ2v) is 6.01. The van der Waals surface area contributed by atoms with E-state index in [4.69, 9.17) is 14.2 Å². The van der Waals surface area contributed by atoms with Crippen LogP contribution in [0.2, 0.25) is 0 Å². The summed E-state index contributed by atoms with van der Waals surface area (Å²) in [5.74, 6) is -0.838. The molecule has 0 N–H and O–H groups in total. The number of rotatable bonds is 8. The molecule has 0 bridgehead atoms. The third kappa shape index (κ3) is 9.05. The van der Waals surface area contributed by atoms with Crippen molar-refractivity contribution in [2.24, 2.45) is 0 Å². The summed E-state index contributed by atoms with van der Waals surface area (Å²) in [6, 6.07) is -0.785. The van der Waals surface area contributed by atoms with Crippen LogP contribution >= 0.6 is 0 Å². The maximum absolute atomic E-state index is 12.3. The highest BCUT2D eigenvalue weighted by Gasteiger charge is 2.30. The molecule has 0 saturated carbocycles. The van der Waals surface area contributed by atoms with E-state index in [1.807, 2.05) is 0 Å². The van der Waals surface area contributed by atoms with Gasteiger partial charge in [-0.3, -0.25) is 9.69 Å². The first kappa shape index (κ1) is 21.2. The van der Waals surface area contributed by atoms with Gasteiger partial charge in [0.05, 0.1) is 13.2 Å². The van der Waals surface area contributed by atoms with E-state index >= 15 is 0 Å². The molecule has 1 atom stereocenters. The molecule has 0 fully saturated rings. The van der Waals surface area contributed by atoms with Crippen molar-refractivity contribution in [3.63, 3.8) is 0 Å². The number of esters is 2. The lowest BCUT2D eigenvalue weighted by molar-refractivity contribution is -0.148. The number of hydrogen-bond acceptors (Lipinski definition) is 6. The Balaban J connectivity index is 4.82. The topological polar surface area (TPSA) is 82.1 Å². The molecule has 0 aromatic heterocycles. The second kappa shape index (κ2) is 10.1. The van der Waals surface area contributed by atoms with E-state index in [0.717, 1.165) is 0 Å². The number of amides is 1. The molecule has 0 rings (SSSR count). The molecule has 23 heavy (non-hydrogen) atoms. The molecule has 0 aliphatic heterocycles. The summed E-state index contributed by atoms with van der Waals surface area (Å²) in [7, 11) is 0. The first-order valence-corrected chi connectivity index (χ1v) is 7.94. The fourth-order valence-electron chi connectivity index (χ4n) is 1.78. The molecule has 0 radical (unpaired) electrons. The van der Waals surface area contributed by atoms with Crippen molar-refractivity contribution in [3.05, 3.63) is 0 Å². The fraction of sp³-hybridized carbons (Fsp3) is 0.812. The van der Waals surface area contributed by atoms with Gasteiger partial charge in [0.1, 0.15) is 11.6 Å². The Hall–Kier alpha value is -1.79. The number of carbonyl (C=O) groups excluding carboxylic acids is 3. The number of nitrogens with zero attached hydrogens (tertiary/aromatic N) is 1. The van der Waals surface area contributed by atoms with Gasteiger partial charge in [-0.05, 0) is 48.0 Å². The summed E-state index contributed by atoms with van der Waals surface area (Å²) in [5, 5.41) is 0. The first-order valence-electron chi connectivity index (χ1n) is 7.94. The number of ether oxygens (including phenoxy) is 3. The van der Waals surface area contributed by atoms with Crippen LogP contribution in [0.25, 0.3) is 0 Å². The molecule has 0 aromatic rings. The number of carbonyl (C=O) groups is 3. The first-order chi connectivity index (χ1) is 10.6. The van der Waals surface area contributed by atoms with Crippen LogP contribution < -0.4 is 0 Å². The van der Waals surface area contributed by atoms with E-state index in [1.54, 1.807) is 41.5 Å². The highest BCUT2D eigenvalue weighted by atomic mass is 16.6. The lowest BCUT2D eigenvalue weighted by Gasteiger charge is -2.30. The molecule has 0 aliphatic carbocycles. The van der Waals surface area contributed by atoms with Crippen LogP contribution in [0.15, 0.2) is 0 Å². The molecule has 0 unspecified atom stereocenters. The van der Waals surface area contributed by atoms with Gasteiger partial charge in [-0.15, -0.1) is 0 Å². The fourth-order valence-corrected chi connectivity index (χ4v) is 1.78. The summed E-state index contributed by atoms with van der Waals surface area (Å²) < 4.78 is 15.1. The minimum Gasteiger partial charge on any atom is -0.466 e. The second-order valence-electron chi connectivity index (χ2n) is 6.01. The summed E-state index contributed by atoms with van der Waals surface area (Å²) in [6.45, 7) is 11.0. The zero-order chi connectivity index (χ0) is 18.0. The SMILES string of the molecule is CCOC(=O)CCCN(C(=O)OC(C)(C)C)[C@@H](C)C(=O)OCC. The van der Waals surface area contributed by atoms with E-state index in [9.17, 15) is 14.4 Å². The Labute approximate surface area is 138 Å². The van der Waals surface area contributed by atoms with Crippen LogP contribution in [0.1, 0.15) is 54.4 Å². The molecule has 0 aromatic carbocycles. The van der Waals surface area contributed by atoms with Crippen LogP contribution in [0, 0.1) is 0 Å². The Morgan fingerprint density at radius 3 is 2.09 bits per heavy atom. The summed E-state index contributed by atoms with van der Waals surface area (Å²) in [4.78, 5) is 36.8. The van der Waals surface area contributed by atoms with Crippen LogP contribution in [0.4, 0.5) is 4.79 Å². The van der Waals surface area contributed by atoms with Crippen molar-refractivity contribution in [2.45, 2.75) is 66.0 Å². The zero-order valence-electron chi connectivity index (χ0n) is 15.0. The molecule has 0 heterocycles. The van der Waals surface area contributed by atoms with Gasteiger partial charge in [-0.25, -0.2) is 9.59 Å². The predicted octanol–water partition coefficient (Wildman–Crippen LogP) is 2.52. The molecule has 0 saturated heterocycles. The molecular weight excluding hydrogens is 302 g/mol. The van der Waals surface area contributed by atoms with Crippen molar-refractivity contribution in [2.75, 3.05) is 19.8 Å². The third-order valence-corrected chi connectivity index (χ3v) is 2.81. The van der Waals surface area contributed by atoms with Crippen LogP contribution in [-0.2, 0) is 23.8 Å². The van der Waals surface area contributed by atoms with E-state index in [-0.39, 0.29) is 25.5 Å². The largest absolute Gasteiger partial charge is 0.466 e. The lowest BCUT2D eigenvalue weighted by Crippen LogP contribution is -2.46. The molecule has 134 valence electrons. The van der Waals surface area contributed by atoms with Gasteiger partial charge < -0.3 is 14.2 Å². The molecule has 1 amide bonds. The molecule has 7 nitrogen and oxygen atoms in total. The monoisotopic (exact) mass is 331 g/mol. The normalized spacial score (nSPS) is 12.3. The van der Waals surface area contributed by atoms with Gasteiger partial charge in [0.2, 0.25) is 0 Å². The standard InChI is InChI=1S/C16H29NO6/c1-7-21-13(18)10-9-11-17(12(3)14(19)22-8-2)15(20)23-16(4,5)6/h12H,7-11H2,1-6H3/t12-/m0/s1. The van der Waals surface area contributed by atoms with Crippen molar-refractivity contribution in [1.29, 1.82) is 0 Å². The predicted molar refractivity (Wildman–Crippen MR) is 84.9 cm³/mol. The minimum atomic E-state index is -0.785. The molecule has 0 aliphatic rings. The maximum atomic E-state index is 12.3. The van der Waals surface area contributed by atoms with E-state index in [2.05, 4.69) is 0 Å². The van der Waals surface area contributed by atoms with Crippen LogP contribution in [-0.4, -0.2) is 54.3 Å². The molecule has 0 spiro atoms. The molecule has 7 heteroatoms. The average Bonchev–Trinajstić information content (AvgIpc) is 2.41. The van der Waals surface area contributed by atoms with Crippen molar-refractivity contribution < 1.29 is 28.6 Å². The van der Waals surface area contributed by atoms with Gasteiger partial charge in [0.25, 0.3) is 0 Å². The van der Waals surface area contributed by atoms with Crippen molar-refractivity contribution in [1.82, 2.24) is 4.90 Å². The summed E-state index contributed by atoms with van der Waals surface area (Å²) in [6.07, 6.45) is -0.0632. The van der Waals surface area contributed by atoms with E-state index < -0.39 is 23.7 Å². The van der Waals surface area contributed by atoms with Gasteiger partial charge in [-0.1, -0.05) is 0 Å². The van der Waals surface area contributed by atoms with E-state index in [1.165, 1.54) is 4.90 Å². The highest BCUT2D eigenvalue weighted by molar-refractivity contribution is 5.81. The Morgan fingerprint density at radius 2 is 1.61 bits per heavy atom. The molecular formula is C16H29NO6. The summed E-state index contributed by atoms with van der Waals surface area (Å²) in [5.41, 5.74) is -0.676. The Bertz CT molecular complexity index is 402. The van der Waals surface area contributed by atoms with Crippen molar-refractivity contribution in [3.8, 4) is 0 Å². The van der Waals surface area contributed by atoms with Gasteiger partial charge >= 0.3 is 18.0 Å². The van der Waals surface area contributed by atoms with Gasteiger partial charge in [-0.2, -0.15) is 0 Å². The lowest BCUT2D eigenvalue weighted by atomic mass is 10.2. The van der Waals surface area contributed by atoms with Crippen LogP contribution in [0.3, 0.4) is 0 Å². The third-order valence-electron chi connectivity index (χ3n) is 2.81. The average molecular weight is 331 g/mol.